The van der Waals surface area contributed by atoms with Gasteiger partial charge in [-0.2, -0.15) is 0 Å². The lowest BCUT2D eigenvalue weighted by Crippen LogP contribution is -2.36. The minimum Gasteiger partial charge on any atom is -0.287 e. The Kier molecular flexibility index (Phi) is 4.12. The Balaban J connectivity index is 1.37. The summed E-state index contributed by atoms with van der Waals surface area (Å²) in [6, 6.07) is 26.4. The van der Waals surface area contributed by atoms with Crippen molar-refractivity contribution < 1.29 is 9.59 Å². The zero-order valence-electron chi connectivity index (χ0n) is 17.4. The van der Waals surface area contributed by atoms with Crippen molar-refractivity contribution in [3.05, 3.63) is 101 Å². The van der Waals surface area contributed by atoms with Gasteiger partial charge in [0.05, 0.1) is 17.5 Å². The second-order valence-electron chi connectivity index (χ2n) is 8.89. The minimum absolute atomic E-state index is 0.0261. The molecule has 3 aliphatic rings. The first kappa shape index (κ1) is 18.5. The Labute approximate surface area is 182 Å². The lowest BCUT2D eigenvalue weighted by Gasteiger charge is -2.26. The topological polar surface area (TPSA) is 40.6 Å². The summed E-state index contributed by atoms with van der Waals surface area (Å²) in [4.78, 5) is 31.0. The fraction of sp³-hybridized carbons (Fsp3) is 0.259. The van der Waals surface area contributed by atoms with Crippen molar-refractivity contribution in [2.24, 2.45) is 11.8 Å². The number of nitrogens with zero attached hydrogens (tertiary/aromatic N) is 2. The number of carbonyl (C=O) groups is 2. The first-order valence-corrected chi connectivity index (χ1v) is 11.0. The molecule has 6 rings (SSSR count). The van der Waals surface area contributed by atoms with Gasteiger partial charge in [0.2, 0.25) is 11.8 Å². The van der Waals surface area contributed by atoms with E-state index in [1.807, 2.05) is 49.4 Å². The number of aryl methyl sites for hydroxylation is 1. The fourth-order valence-corrected chi connectivity index (χ4v) is 5.89. The molecule has 0 aliphatic carbocycles. The van der Waals surface area contributed by atoms with Crippen LogP contribution in [0.3, 0.4) is 0 Å². The number of hydrogen-bond acceptors (Lipinski definition) is 3. The van der Waals surface area contributed by atoms with E-state index in [0.717, 1.165) is 18.5 Å². The quantitative estimate of drug-likeness (QED) is 0.599. The number of amides is 2. The molecule has 4 nitrogen and oxygen atoms in total. The van der Waals surface area contributed by atoms with E-state index < -0.39 is 0 Å². The van der Waals surface area contributed by atoms with Crippen molar-refractivity contribution in [2.45, 2.75) is 25.4 Å². The highest BCUT2D eigenvalue weighted by atomic mass is 16.2. The molecule has 31 heavy (non-hydrogen) atoms. The summed E-state index contributed by atoms with van der Waals surface area (Å²) in [5.74, 6) is -0.704. The molecule has 0 saturated carbocycles. The van der Waals surface area contributed by atoms with Gasteiger partial charge in [-0.25, -0.2) is 4.90 Å². The van der Waals surface area contributed by atoms with Gasteiger partial charge < -0.3 is 0 Å². The van der Waals surface area contributed by atoms with Crippen LogP contribution in [0.1, 0.15) is 34.3 Å². The van der Waals surface area contributed by atoms with E-state index in [9.17, 15) is 9.59 Å². The van der Waals surface area contributed by atoms with Gasteiger partial charge in [0.15, 0.2) is 0 Å². The van der Waals surface area contributed by atoms with Gasteiger partial charge in [0, 0.05) is 18.6 Å². The van der Waals surface area contributed by atoms with Crippen LogP contribution in [0.4, 0.5) is 5.69 Å². The third kappa shape index (κ3) is 2.64. The van der Waals surface area contributed by atoms with Crippen LogP contribution in [-0.2, 0) is 16.0 Å². The van der Waals surface area contributed by atoms with Gasteiger partial charge in [-0.1, -0.05) is 72.3 Å². The van der Waals surface area contributed by atoms with Gasteiger partial charge >= 0.3 is 0 Å². The van der Waals surface area contributed by atoms with E-state index in [-0.39, 0.29) is 35.7 Å². The molecule has 3 aliphatic heterocycles. The maximum atomic E-state index is 13.6. The van der Waals surface area contributed by atoms with Crippen LogP contribution in [0.2, 0.25) is 0 Å². The van der Waals surface area contributed by atoms with Gasteiger partial charge in [-0.3, -0.25) is 14.5 Å². The number of rotatable bonds is 4. The molecule has 4 atom stereocenters. The monoisotopic (exact) mass is 408 g/mol. The van der Waals surface area contributed by atoms with E-state index in [1.54, 1.807) is 0 Å². The van der Waals surface area contributed by atoms with Crippen molar-refractivity contribution >= 4 is 17.5 Å². The van der Waals surface area contributed by atoms with Crippen LogP contribution in [0.5, 0.6) is 0 Å². The first-order chi connectivity index (χ1) is 15.1. The van der Waals surface area contributed by atoms with Crippen LogP contribution in [0.25, 0.3) is 0 Å². The molecule has 4 heteroatoms. The average Bonchev–Trinajstić information content (AvgIpc) is 3.39. The highest BCUT2D eigenvalue weighted by molar-refractivity contribution is 6.23. The van der Waals surface area contributed by atoms with Crippen molar-refractivity contribution in [1.82, 2.24) is 4.90 Å². The van der Waals surface area contributed by atoms with Gasteiger partial charge in [-0.15, -0.1) is 0 Å². The molecular formula is C27H24N2O2. The molecule has 3 aromatic carbocycles. The van der Waals surface area contributed by atoms with Crippen molar-refractivity contribution in [3.8, 4) is 0 Å². The summed E-state index contributed by atoms with van der Waals surface area (Å²) in [5, 5.41) is 0. The molecule has 0 unspecified atom stereocenters. The highest BCUT2D eigenvalue weighted by Crippen LogP contribution is 2.62. The number of imide groups is 1. The number of anilines is 1. The summed E-state index contributed by atoms with van der Waals surface area (Å²) in [7, 11) is 0. The lowest BCUT2D eigenvalue weighted by atomic mass is 9.77. The SMILES string of the molecule is Cc1ccc(N2C(=O)[C@@H]3[C@H](C2=O)[C@@H]2c4ccccc4[C@H]3N2CCc2ccccc2)cc1. The number of benzene rings is 3. The second-order valence-corrected chi connectivity index (χ2v) is 8.89. The Morgan fingerprint density at radius 2 is 1.26 bits per heavy atom. The molecule has 2 amide bonds. The number of fused-ring (bicyclic) bond motifs is 8. The highest BCUT2D eigenvalue weighted by Gasteiger charge is 2.66. The first-order valence-electron chi connectivity index (χ1n) is 11.0. The summed E-state index contributed by atoms with van der Waals surface area (Å²) in [6.45, 7) is 2.85. The van der Waals surface area contributed by atoms with Gasteiger partial charge in [0.1, 0.15) is 0 Å². The largest absolute Gasteiger partial charge is 0.287 e. The summed E-state index contributed by atoms with van der Waals surface area (Å²) >= 11 is 0. The Morgan fingerprint density at radius 3 is 1.84 bits per heavy atom. The van der Waals surface area contributed by atoms with Crippen LogP contribution in [0.15, 0.2) is 78.9 Å². The predicted molar refractivity (Wildman–Crippen MR) is 119 cm³/mol. The smallest absolute Gasteiger partial charge is 0.239 e. The van der Waals surface area contributed by atoms with Crippen LogP contribution in [-0.4, -0.2) is 23.3 Å². The molecule has 0 radical (unpaired) electrons. The van der Waals surface area contributed by atoms with E-state index in [4.69, 9.17) is 0 Å². The van der Waals surface area contributed by atoms with Crippen LogP contribution >= 0.6 is 0 Å². The Morgan fingerprint density at radius 1 is 0.710 bits per heavy atom. The maximum Gasteiger partial charge on any atom is 0.239 e. The van der Waals surface area contributed by atoms with Crippen molar-refractivity contribution in [3.63, 3.8) is 0 Å². The minimum atomic E-state index is -0.301. The number of carbonyl (C=O) groups excluding carboxylic acids is 2. The second kappa shape index (κ2) is 6.89. The molecule has 3 aromatic rings. The van der Waals surface area contributed by atoms with Gasteiger partial charge in [-0.05, 0) is 42.2 Å². The molecule has 3 heterocycles. The average molecular weight is 409 g/mol. The standard InChI is InChI=1S/C27H24N2O2/c1-17-11-13-19(14-12-17)29-26(30)22-23(27(29)31)25-21-10-6-5-9-20(21)24(22)28(25)16-15-18-7-3-2-4-8-18/h2-14,22-25H,15-16H2,1H3/t22-,23+,24-,25+. The molecule has 0 spiro atoms. The van der Waals surface area contributed by atoms with E-state index in [1.165, 1.54) is 21.6 Å². The summed E-state index contributed by atoms with van der Waals surface area (Å²) in [5.41, 5.74) is 5.52. The van der Waals surface area contributed by atoms with E-state index in [0.29, 0.717) is 5.69 Å². The molecular weight excluding hydrogens is 384 g/mol. The molecule has 154 valence electrons. The van der Waals surface area contributed by atoms with Crippen LogP contribution < -0.4 is 4.90 Å². The zero-order chi connectivity index (χ0) is 21.1. The normalized spacial score (nSPS) is 26.4. The molecule has 0 aromatic heterocycles. The van der Waals surface area contributed by atoms with Crippen molar-refractivity contribution in [1.29, 1.82) is 0 Å². The maximum absolute atomic E-state index is 13.6. The summed E-state index contributed by atoms with van der Waals surface area (Å²) < 4.78 is 0. The Hall–Kier alpha value is -3.24. The molecule has 2 saturated heterocycles. The third-order valence-electron chi connectivity index (χ3n) is 7.22. The van der Waals surface area contributed by atoms with E-state index >= 15 is 0 Å². The third-order valence-corrected chi connectivity index (χ3v) is 7.22. The van der Waals surface area contributed by atoms with E-state index in [2.05, 4.69) is 41.3 Å². The fourth-order valence-electron chi connectivity index (χ4n) is 5.89. The molecule has 0 N–H and O–H groups in total. The van der Waals surface area contributed by atoms with Crippen LogP contribution in [0, 0.1) is 18.8 Å². The predicted octanol–water partition coefficient (Wildman–Crippen LogP) is 4.45. The Bertz CT molecular complexity index is 1120. The molecule has 2 bridgehead atoms. The van der Waals surface area contributed by atoms with Gasteiger partial charge in [0.25, 0.3) is 0 Å². The molecule has 2 fully saturated rings. The zero-order valence-corrected chi connectivity index (χ0v) is 17.4. The summed E-state index contributed by atoms with van der Waals surface area (Å²) in [6.07, 6.45) is 0.908. The lowest BCUT2D eigenvalue weighted by molar-refractivity contribution is -0.123. The van der Waals surface area contributed by atoms with Crippen molar-refractivity contribution in [2.75, 3.05) is 11.4 Å². The number of hydrogen-bond donors (Lipinski definition) is 0.